The van der Waals surface area contributed by atoms with E-state index < -0.39 is 149 Å². The highest BCUT2D eigenvalue weighted by molar-refractivity contribution is 5.95. The molecule has 0 spiro atoms. The predicted molar refractivity (Wildman–Crippen MR) is 356 cm³/mol. The van der Waals surface area contributed by atoms with Crippen LogP contribution in [0.3, 0.4) is 0 Å². The summed E-state index contributed by atoms with van der Waals surface area (Å²) >= 11 is 0. The van der Waals surface area contributed by atoms with Gasteiger partial charge in [0, 0.05) is 23.7 Å². The first-order valence-electron chi connectivity index (χ1n) is 33.0. The molecule has 6 aromatic carbocycles. The summed E-state index contributed by atoms with van der Waals surface area (Å²) in [4.78, 5) is 218. The van der Waals surface area contributed by atoms with Crippen LogP contribution in [0.25, 0.3) is 0 Å². The molecular formula is C72H74O36. The fraction of sp³-hybridized carbons (Fsp3) is 0.333. The molecule has 0 N–H and O–H groups in total. The molecule has 0 aromatic heterocycles. The molecule has 108 heavy (non-hydrogen) atoms. The maximum Gasteiger partial charge on any atom is 0.549 e. The van der Waals surface area contributed by atoms with Gasteiger partial charge in [-0.05, 0) is 127 Å². The molecule has 36 heteroatoms. The molecule has 0 aliphatic rings. The highest BCUT2D eigenvalue weighted by Gasteiger charge is 2.40. The van der Waals surface area contributed by atoms with Gasteiger partial charge in [0.1, 0.15) is 67.9 Å². The Balaban J connectivity index is 1.43. The second kappa shape index (κ2) is 45.6. The first kappa shape index (κ1) is 83.5. The molecule has 6 aromatic rings. The lowest BCUT2D eigenvalue weighted by Crippen LogP contribution is -2.41. The fourth-order valence-electron chi connectivity index (χ4n) is 9.67. The van der Waals surface area contributed by atoms with Crippen LogP contribution in [-0.4, -0.2) is 152 Å². The molecule has 4 atom stereocenters. The van der Waals surface area contributed by atoms with Crippen molar-refractivity contribution in [1.82, 2.24) is 0 Å². The van der Waals surface area contributed by atoms with E-state index in [0.29, 0.717) is 0 Å². The predicted octanol–water partition coefficient (Wildman–Crippen LogP) is 12.2. The van der Waals surface area contributed by atoms with Crippen LogP contribution in [0.5, 0.6) is 34.5 Å². The Morgan fingerprint density at radius 2 is 0.407 bits per heavy atom. The third-order valence-electron chi connectivity index (χ3n) is 14.3. The van der Waals surface area contributed by atoms with Gasteiger partial charge in [0.15, 0.2) is 0 Å². The number of rotatable bonds is 35. The number of benzene rings is 6. The van der Waals surface area contributed by atoms with E-state index in [4.69, 9.17) is 106 Å². The second-order valence-electron chi connectivity index (χ2n) is 21.2. The molecule has 0 aliphatic carbocycles. The van der Waals surface area contributed by atoms with Crippen LogP contribution in [0.15, 0.2) is 146 Å². The van der Waals surface area contributed by atoms with E-state index in [1.54, 1.807) is 53.7 Å². The molecular weight excluding hydrogens is 1440 g/mol. The highest BCUT2D eigenvalue weighted by atomic mass is 17.3. The standard InChI is InChI=1S/C72H74O36/c1-7-85-55-31-19-13-25-47(55)61(73)97-103-67(79)91-39-37-45(41-93-69(81)105-99-63(75)49-27-15-21-33-57(49)87-9-3)53(43-95-71(83)107-101-65(77)51-29-17-23-35-59(51)89-11-5)54(44-96-72(84)108-102-66(78)52-30-18-24-36-60(52)90-12-6)46(42-94-70(82)106-100-64(76)50-28-16-22-34-58(50)88-10-4)38-40-92-68(80)104-98-62(74)48-26-14-20-32-56(48)86-8-2/h13-36,45-46,53-54H,7-12,37-44H2,1-6H3. The normalized spacial score (nSPS) is 11.5. The summed E-state index contributed by atoms with van der Waals surface area (Å²) in [5.41, 5.74) is -1.29. The number of para-hydroxylation sites is 6. The Labute approximate surface area is 614 Å². The molecule has 0 bridgehead atoms. The summed E-state index contributed by atoms with van der Waals surface area (Å²) in [5.74, 6) is -14.3. The van der Waals surface area contributed by atoms with Gasteiger partial charge in [-0.1, -0.05) is 72.8 Å². The molecule has 0 saturated carbocycles. The van der Waals surface area contributed by atoms with Crippen molar-refractivity contribution in [2.75, 3.05) is 79.3 Å². The molecule has 4 unspecified atom stereocenters. The van der Waals surface area contributed by atoms with Gasteiger partial charge in [0.05, 0.1) is 79.3 Å². The largest absolute Gasteiger partial charge is 0.549 e. The quantitative estimate of drug-likeness (QED) is 0.0154. The van der Waals surface area contributed by atoms with E-state index >= 15 is 0 Å². The van der Waals surface area contributed by atoms with Crippen LogP contribution in [0.2, 0.25) is 0 Å². The second-order valence-corrected chi connectivity index (χ2v) is 21.2. The van der Waals surface area contributed by atoms with Crippen molar-refractivity contribution in [2.45, 2.75) is 54.4 Å². The number of carbonyl (C=O) groups is 12. The average Bonchev–Trinajstić information content (AvgIpc) is 0.840. The Morgan fingerprint density at radius 3 is 0.602 bits per heavy atom. The molecule has 578 valence electrons. The molecule has 0 heterocycles. The zero-order valence-electron chi connectivity index (χ0n) is 58.8. The molecule has 0 fully saturated rings. The Kier molecular flexibility index (Phi) is 35.3. The Hall–Kier alpha value is -13.4. The van der Waals surface area contributed by atoms with E-state index in [1.807, 2.05) is 0 Å². The molecule has 0 amide bonds. The lowest BCUT2D eigenvalue weighted by molar-refractivity contribution is -0.212. The van der Waals surface area contributed by atoms with E-state index in [1.165, 1.54) is 133 Å². The van der Waals surface area contributed by atoms with Crippen molar-refractivity contribution in [3.8, 4) is 34.5 Å². The first-order valence-corrected chi connectivity index (χ1v) is 33.0. The van der Waals surface area contributed by atoms with Crippen LogP contribution >= 0.6 is 0 Å². The van der Waals surface area contributed by atoms with Crippen molar-refractivity contribution in [3.63, 3.8) is 0 Å². The van der Waals surface area contributed by atoms with E-state index in [-0.39, 0.29) is 108 Å². The van der Waals surface area contributed by atoms with Crippen molar-refractivity contribution < 1.29 is 173 Å². The van der Waals surface area contributed by atoms with Gasteiger partial charge in [-0.15, -0.1) is 0 Å². The van der Waals surface area contributed by atoms with Crippen LogP contribution in [-0.2, 0) is 87.1 Å². The molecule has 0 saturated heterocycles. The summed E-state index contributed by atoms with van der Waals surface area (Å²) in [7, 11) is 0. The molecule has 6 rings (SSSR count). The highest BCUT2D eigenvalue weighted by Crippen LogP contribution is 2.35. The van der Waals surface area contributed by atoms with E-state index in [2.05, 4.69) is 9.78 Å². The maximum atomic E-state index is 13.8. The fourth-order valence-corrected chi connectivity index (χ4v) is 9.67. The number of carbonyl (C=O) groups excluding carboxylic acids is 12. The van der Waals surface area contributed by atoms with Crippen LogP contribution < -0.4 is 28.4 Å². The van der Waals surface area contributed by atoms with Gasteiger partial charge in [0.2, 0.25) is 0 Å². The third-order valence-corrected chi connectivity index (χ3v) is 14.3. The monoisotopic (exact) mass is 1510 g/mol. The van der Waals surface area contributed by atoms with Gasteiger partial charge >= 0.3 is 72.7 Å². The number of hydrogen-bond donors (Lipinski definition) is 0. The smallest absolute Gasteiger partial charge is 0.493 e. The number of hydrogen-bond acceptors (Lipinski definition) is 36. The zero-order chi connectivity index (χ0) is 78.0. The van der Waals surface area contributed by atoms with Gasteiger partial charge in [-0.2, -0.15) is 28.8 Å². The summed E-state index contributed by atoms with van der Waals surface area (Å²) in [6.07, 6.45) is -11.9. The summed E-state index contributed by atoms with van der Waals surface area (Å²) in [5, 5.41) is 0. The van der Waals surface area contributed by atoms with Crippen LogP contribution in [0.4, 0.5) is 28.8 Å². The van der Waals surface area contributed by atoms with E-state index in [9.17, 15) is 57.5 Å². The van der Waals surface area contributed by atoms with Gasteiger partial charge in [-0.3, -0.25) is 0 Å². The minimum atomic E-state index is -1.82. The lowest BCUT2D eigenvalue weighted by Gasteiger charge is -2.36. The maximum absolute atomic E-state index is 13.8. The summed E-state index contributed by atoms with van der Waals surface area (Å²) in [6.45, 7) is 4.10. The van der Waals surface area contributed by atoms with Gasteiger partial charge in [0.25, 0.3) is 0 Å². The zero-order valence-corrected chi connectivity index (χ0v) is 58.8. The SMILES string of the molecule is CCOc1ccccc1C(=O)OOC(=O)OCCC(COC(=O)OOC(=O)c1ccccc1OCC)C(COC(=O)OOC(=O)c1ccccc1OCC)C(COC(=O)OOC(=O)c1ccccc1OCC)C(CCOC(=O)OOC(=O)c1ccccc1OCC)COC(=O)OOC(=O)c1ccccc1OCC. The average molecular weight is 1520 g/mol. The van der Waals surface area contributed by atoms with Gasteiger partial charge in [-0.25, -0.2) is 87.4 Å². The third kappa shape index (κ3) is 27.3. The van der Waals surface area contributed by atoms with Crippen molar-refractivity contribution >= 4 is 72.7 Å². The van der Waals surface area contributed by atoms with E-state index in [0.717, 1.165) is 0 Å². The first-order chi connectivity index (χ1) is 52.3. The molecule has 0 aliphatic heterocycles. The van der Waals surface area contributed by atoms with Gasteiger partial charge < -0.3 is 56.8 Å². The Bertz CT molecular complexity index is 3730. The topological polar surface area (TPSA) is 426 Å². The number of ether oxygens (including phenoxy) is 12. The van der Waals surface area contributed by atoms with Crippen molar-refractivity contribution in [1.29, 1.82) is 0 Å². The van der Waals surface area contributed by atoms with Crippen molar-refractivity contribution in [2.24, 2.45) is 23.7 Å². The van der Waals surface area contributed by atoms with Crippen LogP contribution in [0.1, 0.15) is 117 Å². The molecule has 0 radical (unpaired) electrons. The minimum Gasteiger partial charge on any atom is -0.493 e. The lowest BCUT2D eigenvalue weighted by atomic mass is 9.74. The van der Waals surface area contributed by atoms with Crippen LogP contribution in [0, 0.1) is 23.7 Å². The Morgan fingerprint density at radius 1 is 0.231 bits per heavy atom. The molecule has 36 nitrogen and oxygen atoms in total. The van der Waals surface area contributed by atoms with Crippen molar-refractivity contribution in [3.05, 3.63) is 179 Å². The summed E-state index contributed by atoms with van der Waals surface area (Å²) in [6, 6.07) is 33.9. The minimum absolute atomic E-state index is 0.000117. The summed E-state index contributed by atoms with van der Waals surface area (Å²) < 4.78 is 65.5.